The minimum absolute atomic E-state index is 0.355. The number of nitrogens with one attached hydrogen (secondary N) is 1. The maximum absolute atomic E-state index is 6.60. The van der Waals surface area contributed by atoms with Gasteiger partial charge in [0, 0.05) is 33.0 Å². The van der Waals surface area contributed by atoms with E-state index in [1.807, 2.05) is 48.5 Å². The van der Waals surface area contributed by atoms with E-state index >= 15 is 0 Å². The molecular weight excluding hydrogens is 502 g/mol. The van der Waals surface area contributed by atoms with Gasteiger partial charge in [-0.1, -0.05) is 127 Å². The zero-order chi connectivity index (χ0) is 27.2. The zero-order valence-electron chi connectivity index (χ0n) is 22.2. The van der Waals surface area contributed by atoms with Crippen LogP contribution in [0.15, 0.2) is 154 Å². The summed E-state index contributed by atoms with van der Waals surface area (Å²) in [5.41, 5.74) is 6.95. The maximum Gasteiger partial charge on any atom is 0.159 e. The highest BCUT2D eigenvalue weighted by atomic mass is 16.3. The van der Waals surface area contributed by atoms with Crippen molar-refractivity contribution in [1.82, 2.24) is 5.32 Å². The lowest BCUT2D eigenvalue weighted by atomic mass is 9.95. The molecule has 1 aromatic heterocycles. The Labute approximate surface area is 237 Å². The minimum atomic E-state index is -0.355. The topological polar surface area (TPSA) is 49.9 Å². The predicted octanol–water partition coefficient (Wildman–Crippen LogP) is 8.90. The molecular formula is C37H25N3O. The summed E-state index contributed by atoms with van der Waals surface area (Å²) < 4.78 is 6.60. The summed E-state index contributed by atoms with van der Waals surface area (Å²) in [6.07, 6.45) is -0.355. The number of amidine groups is 2. The second-order valence-electron chi connectivity index (χ2n) is 10.3. The number of hydrogen-bond acceptors (Lipinski definition) is 4. The molecule has 8 rings (SSSR count). The first-order valence-corrected chi connectivity index (χ1v) is 13.8. The third kappa shape index (κ3) is 4.09. The van der Waals surface area contributed by atoms with Gasteiger partial charge < -0.3 is 9.73 Å². The van der Waals surface area contributed by atoms with Crippen LogP contribution in [0.1, 0.15) is 22.9 Å². The summed E-state index contributed by atoms with van der Waals surface area (Å²) >= 11 is 0. The molecule has 0 saturated carbocycles. The molecule has 0 aliphatic carbocycles. The Kier molecular flexibility index (Phi) is 5.49. The standard InChI is InChI=1S/C37H25N3O/c1-3-12-25(13-4-1)35-38-36(26-14-5-2-6-15-26)40-37(39-35)31-22-21-29(28-20-19-24-11-7-8-16-27(24)23-28)34-33(31)30-17-9-10-18-32(30)41-34/h1-23,37H,(H,38,39,40). The lowest BCUT2D eigenvalue weighted by Crippen LogP contribution is -2.33. The van der Waals surface area contributed by atoms with Crippen LogP contribution in [0, 0.1) is 0 Å². The Morgan fingerprint density at radius 2 is 1.29 bits per heavy atom. The third-order valence-electron chi connectivity index (χ3n) is 7.74. The highest BCUT2D eigenvalue weighted by molar-refractivity contribution is 6.15. The molecule has 1 N–H and O–H groups in total. The second-order valence-corrected chi connectivity index (χ2v) is 10.3. The Bertz CT molecular complexity index is 2120. The van der Waals surface area contributed by atoms with Crippen LogP contribution in [-0.4, -0.2) is 11.7 Å². The fraction of sp³-hybridized carbons (Fsp3) is 0.0270. The summed E-state index contributed by atoms with van der Waals surface area (Å²) in [6, 6.07) is 48.0. The van der Waals surface area contributed by atoms with Crippen molar-refractivity contribution >= 4 is 44.4 Å². The lowest BCUT2D eigenvalue weighted by molar-refractivity contribution is 0.663. The molecule has 1 unspecified atom stereocenters. The molecule has 0 spiro atoms. The van der Waals surface area contributed by atoms with Gasteiger partial charge in [0.25, 0.3) is 0 Å². The molecule has 0 saturated heterocycles. The zero-order valence-corrected chi connectivity index (χ0v) is 22.2. The van der Waals surface area contributed by atoms with E-state index in [1.165, 1.54) is 10.8 Å². The van der Waals surface area contributed by atoms with Crippen LogP contribution in [0.5, 0.6) is 0 Å². The molecule has 41 heavy (non-hydrogen) atoms. The van der Waals surface area contributed by atoms with Crippen LogP contribution >= 0.6 is 0 Å². The van der Waals surface area contributed by atoms with Gasteiger partial charge in [0.15, 0.2) is 5.84 Å². The minimum Gasteiger partial charge on any atom is -0.455 e. The van der Waals surface area contributed by atoms with Crippen LogP contribution in [0.25, 0.3) is 43.8 Å². The lowest BCUT2D eigenvalue weighted by Gasteiger charge is -2.24. The Morgan fingerprint density at radius 1 is 0.585 bits per heavy atom. The van der Waals surface area contributed by atoms with Crippen molar-refractivity contribution in [3.8, 4) is 11.1 Å². The van der Waals surface area contributed by atoms with E-state index in [2.05, 4.69) is 96.3 Å². The molecule has 7 aromatic rings. The summed E-state index contributed by atoms with van der Waals surface area (Å²) in [5, 5.41) is 8.19. The van der Waals surface area contributed by atoms with Crippen LogP contribution in [0.3, 0.4) is 0 Å². The number of para-hydroxylation sites is 1. The van der Waals surface area contributed by atoms with Gasteiger partial charge in [-0.15, -0.1) is 0 Å². The molecule has 0 fully saturated rings. The van der Waals surface area contributed by atoms with Crippen molar-refractivity contribution in [2.24, 2.45) is 9.98 Å². The fourth-order valence-corrected chi connectivity index (χ4v) is 5.73. The van der Waals surface area contributed by atoms with Crippen LogP contribution < -0.4 is 5.32 Å². The highest BCUT2D eigenvalue weighted by Gasteiger charge is 2.25. The van der Waals surface area contributed by atoms with E-state index in [0.717, 1.165) is 55.6 Å². The number of hydrogen-bond donors (Lipinski definition) is 1. The average molecular weight is 528 g/mol. The van der Waals surface area contributed by atoms with Crippen molar-refractivity contribution in [1.29, 1.82) is 0 Å². The summed E-state index contributed by atoms with van der Waals surface area (Å²) in [5.74, 6) is 1.50. The molecule has 1 aliphatic rings. The molecule has 4 nitrogen and oxygen atoms in total. The van der Waals surface area contributed by atoms with E-state index in [9.17, 15) is 0 Å². The molecule has 2 heterocycles. The first kappa shape index (κ1) is 23.4. The molecule has 4 heteroatoms. The van der Waals surface area contributed by atoms with Crippen molar-refractivity contribution in [3.63, 3.8) is 0 Å². The third-order valence-corrected chi connectivity index (χ3v) is 7.74. The van der Waals surface area contributed by atoms with Crippen molar-refractivity contribution < 1.29 is 4.42 Å². The number of benzene rings is 6. The second kappa shape index (κ2) is 9.61. The largest absolute Gasteiger partial charge is 0.455 e. The maximum atomic E-state index is 6.60. The number of fused-ring (bicyclic) bond motifs is 4. The van der Waals surface area contributed by atoms with Gasteiger partial charge in [0.05, 0.1) is 0 Å². The summed E-state index contributed by atoms with van der Waals surface area (Å²) in [7, 11) is 0. The first-order chi connectivity index (χ1) is 20.3. The fourth-order valence-electron chi connectivity index (χ4n) is 5.73. The number of furan rings is 1. The van der Waals surface area contributed by atoms with Crippen LogP contribution in [0.2, 0.25) is 0 Å². The monoisotopic (exact) mass is 527 g/mol. The Morgan fingerprint density at radius 3 is 2.12 bits per heavy atom. The van der Waals surface area contributed by atoms with Crippen molar-refractivity contribution in [3.05, 3.63) is 156 Å². The molecule has 1 atom stereocenters. The molecule has 0 radical (unpaired) electrons. The van der Waals surface area contributed by atoms with Gasteiger partial charge in [-0.2, -0.15) is 0 Å². The van der Waals surface area contributed by atoms with Crippen molar-refractivity contribution in [2.45, 2.75) is 6.17 Å². The highest BCUT2D eigenvalue weighted by Crippen LogP contribution is 2.41. The van der Waals surface area contributed by atoms with E-state index in [4.69, 9.17) is 14.4 Å². The molecule has 0 bridgehead atoms. The summed E-state index contributed by atoms with van der Waals surface area (Å²) in [4.78, 5) is 10.1. The smallest absolute Gasteiger partial charge is 0.159 e. The van der Waals surface area contributed by atoms with Gasteiger partial charge in [0.2, 0.25) is 0 Å². The summed E-state index contributed by atoms with van der Waals surface area (Å²) in [6.45, 7) is 0. The first-order valence-electron chi connectivity index (χ1n) is 13.8. The molecule has 0 amide bonds. The predicted molar refractivity (Wildman–Crippen MR) is 168 cm³/mol. The molecule has 1 aliphatic heterocycles. The van der Waals surface area contributed by atoms with E-state index in [1.54, 1.807) is 0 Å². The van der Waals surface area contributed by atoms with Gasteiger partial charge in [-0.3, -0.25) is 0 Å². The Hall–Kier alpha value is -5.48. The molecule has 194 valence electrons. The number of rotatable bonds is 4. The average Bonchev–Trinajstić information content (AvgIpc) is 3.44. The van der Waals surface area contributed by atoms with Crippen LogP contribution in [0.4, 0.5) is 0 Å². The Balaban J connectivity index is 1.34. The van der Waals surface area contributed by atoms with E-state index in [-0.39, 0.29) is 6.17 Å². The van der Waals surface area contributed by atoms with Gasteiger partial charge in [-0.25, -0.2) is 9.98 Å². The number of aliphatic imine (C=N–C) groups is 2. The van der Waals surface area contributed by atoms with Gasteiger partial charge in [-0.05, 0) is 28.5 Å². The van der Waals surface area contributed by atoms with E-state index in [0.29, 0.717) is 5.84 Å². The van der Waals surface area contributed by atoms with Gasteiger partial charge in [0.1, 0.15) is 23.2 Å². The van der Waals surface area contributed by atoms with Crippen molar-refractivity contribution in [2.75, 3.05) is 0 Å². The number of nitrogens with zero attached hydrogens (tertiary/aromatic N) is 2. The quantitative estimate of drug-likeness (QED) is 0.248. The van der Waals surface area contributed by atoms with Crippen LogP contribution in [-0.2, 0) is 0 Å². The van der Waals surface area contributed by atoms with Gasteiger partial charge >= 0.3 is 0 Å². The van der Waals surface area contributed by atoms with E-state index < -0.39 is 0 Å². The normalized spacial score (nSPS) is 15.1. The molecule has 6 aromatic carbocycles. The SMILES string of the molecule is c1ccc(C2=NC(c3ccc(-c4ccc5ccccc5c4)c4oc5ccccc5c34)NC(c3ccccc3)=N2)cc1.